The summed E-state index contributed by atoms with van der Waals surface area (Å²) in [5.74, 6) is -1.67. The number of carboxylic acid groups (broad SMARTS) is 1. The van der Waals surface area contributed by atoms with Crippen molar-refractivity contribution in [3.05, 3.63) is 30.6 Å². The van der Waals surface area contributed by atoms with Crippen molar-refractivity contribution >= 4 is 16.0 Å². The van der Waals surface area contributed by atoms with E-state index in [9.17, 15) is 18.3 Å². The van der Waals surface area contributed by atoms with Gasteiger partial charge < -0.3 is 5.11 Å². The van der Waals surface area contributed by atoms with Gasteiger partial charge in [-0.25, -0.2) is 13.1 Å². The molecule has 0 amide bonds. The van der Waals surface area contributed by atoms with Gasteiger partial charge in [-0.15, -0.1) is 5.10 Å². The minimum absolute atomic E-state index is 0.0911. The molecular weight excluding hydrogens is 334 g/mol. The predicted molar refractivity (Wildman–Crippen MR) is 82.9 cm³/mol. The van der Waals surface area contributed by atoms with E-state index in [0.717, 1.165) is 0 Å². The van der Waals surface area contributed by atoms with Crippen molar-refractivity contribution in [3.63, 3.8) is 0 Å². The fourth-order valence-electron chi connectivity index (χ4n) is 2.98. The predicted octanol–water partition coefficient (Wildman–Crippen LogP) is 0.536. The molecule has 1 aromatic heterocycles. The Kier molecular flexibility index (Phi) is 4.33. The van der Waals surface area contributed by atoms with Gasteiger partial charge in [-0.3, -0.25) is 4.79 Å². The van der Waals surface area contributed by atoms with Gasteiger partial charge in [-0.1, -0.05) is 6.07 Å². The molecular formula is C14H17N5O4S. The second-order valence-corrected chi connectivity index (χ2v) is 7.59. The molecule has 128 valence electrons. The van der Waals surface area contributed by atoms with Crippen LogP contribution < -0.4 is 0 Å². The van der Waals surface area contributed by atoms with Crippen LogP contribution in [0.3, 0.4) is 0 Å². The van der Waals surface area contributed by atoms with Gasteiger partial charge in [0.05, 0.1) is 16.5 Å². The average molecular weight is 351 g/mol. The zero-order valence-electron chi connectivity index (χ0n) is 13.0. The highest BCUT2D eigenvalue weighted by Crippen LogP contribution is 2.29. The van der Waals surface area contributed by atoms with Gasteiger partial charge in [-0.2, -0.15) is 4.31 Å². The first kappa shape index (κ1) is 16.5. The van der Waals surface area contributed by atoms with Gasteiger partial charge in [0.1, 0.15) is 6.33 Å². The van der Waals surface area contributed by atoms with Crippen molar-refractivity contribution in [2.75, 3.05) is 6.54 Å². The lowest BCUT2D eigenvalue weighted by atomic mass is 9.92. The number of carbonyl (C=O) groups is 1. The Labute approximate surface area is 138 Å². The van der Waals surface area contributed by atoms with E-state index < -0.39 is 28.0 Å². The second kappa shape index (κ2) is 6.29. The second-order valence-electron chi connectivity index (χ2n) is 5.70. The van der Waals surface area contributed by atoms with Crippen molar-refractivity contribution in [1.82, 2.24) is 24.5 Å². The maximum absolute atomic E-state index is 13.0. The Bertz CT molecular complexity index is 837. The van der Waals surface area contributed by atoms with Crippen LogP contribution in [0, 0.1) is 5.92 Å². The normalized spacial score (nSPS) is 22.4. The molecule has 0 radical (unpaired) electrons. The summed E-state index contributed by atoms with van der Waals surface area (Å²) >= 11 is 0. The van der Waals surface area contributed by atoms with Crippen LogP contribution >= 0.6 is 0 Å². The summed E-state index contributed by atoms with van der Waals surface area (Å²) in [6, 6.07) is 5.66. The Balaban J connectivity index is 1.96. The molecule has 0 saturated carbocycles. The van der Waals surface area contributed by atoms with Crippen LogP contribution in [0.4, 0.5) is 0 Å². The highest BCUT2D eigenvalue weighted by atomic mass is 32.2. The number of aliphatic carboxylic acids is 1. The van der Waals surface area contributed by atoms with Crippen LogP contribution in [0.15, 0.2) is 35.5 Å². The van der Waals surface area contributed by atoms with E-state index >= 15 is 0 Å². The molecule has 0 spiro atoms. The molecule has 9 nitrogen and oxygen atoms in total. The third-order valence-electron chi connectivity index (χ3n) is 4.29. The Morgan fingerprint density at radius 3 is 2.83 bits per heavy atom. The van der Waals surface area contributed by atoms with Crippen LogP contribution in [0.25, 0.3) is 5.69 Å². The lowest BCUT2D eigenvalue weighted by molar-refractivity contribution is -0.144. The first-order valence-corrected chi connectivity index (χ1v) is 8.93. The lowest BCUT2D eigenvalue weighted by Gasteiger charge is -2.36. The van der Waals surface area contributed by atoms with Crippen LogP contribution in [0.5, 0.6) is 0 Å². The molecule has 3 rings (SSSR count). The van der Waals surface area contributed by atoms with E-state index in [-0.39, 0.29) is 4.90 Å². The van der Waals surface area contributed by atoms with E-state index in [2.05, 4.69) is 15.5 Å². The summed E-state index contributed by atoms with van der Waals surface area (Å²) in [6.07, 6.45) is 2.37. The van der Waals surface area contributed by atoms with E-state index in [4.69, 9.17) is 0 Å². The van der Waals surface area contributed by atoms with Gasteiger partial charge in [0, 0.05) is 12.6 Å². The monoisotopic (exact) mass is 351 g/mol. The van der Waals surface area contributed by atoms with E-state index in [1.165, 1.54) is 27.4 Å². The minimum Gasteiger partial charge on any atom is -0.481 e. The summed E-state index contributed by atoms with van der Waals surface area (Å²) in [6.45, 7) is 1.95. The van der Waals surface area contributed by atoms with Crippen molar-refractivity contribution < 1.29 is 18.3 Å². The van der Waals surface area contributed by atoms with E-state index in [0.29, 0.717) is 25.1 Å². The molecule has 1 aliphatic heterocycles. The molecule has 0 aliphatic carbocycles. The first-order chi connectivity index (χ1) is 11.4. The van der Waals surface area contributed by atoms with Gasteiger partial charge in [0.2, 0.25) is 10.0 Å². The summed E-state index contributed by atoms with van der Waals surface area (Å²) in [4.78, 5) is 11.4. The number of carboxylic acids is 1. The Morgan fingerprint density at radius 2 is 2.17 bits per heavy atom. The number of aromatic nitrogens is 4. The number of piperidine rings is 1. The smallest absolute Gasteiger partial charge is 0.308 e. The largest absolute Gasteiger partial charge is 0.481 e. The number of benzene rings is 1. The fraction of sp³-hybridized carbons (Fsp3) is 0.429. The molecule has 1 fully saturated rings. The van der Waals surface area contributed by atoms with Crippen molar-refractivity contribution in [2.45, 2.75) is 30.7 Å². The van der Waals surface area contributed by atoms with Gasteiger partial charge in [0.25, 0.3) is 0 Å². The van der Waals surface area contributed by atoms with Crippen molar-refractivity contribution in [3.8, 4) is 5.69 Å². The van der Waals surface area contributed by atoms with Gasteiger partial charge >= 0.3 is 5.97 Å². The molecule has 2 atom stereocenters. The SMILES string of the molecule is C[C@@H]1[C@H](C(=O)O)CCCN1S(=O)(=O)c1cccc(-n2cnnn2)c1. The third kappa shape index (κ3) is 2.89. The first-order valence-electron chi connectivity index (χ1n) is 7.49. The minimum atomic E-state index is -3.80. The summed E-state index contributed by atoms with van der Waals surface area (Å²) in [5, 5.41) is 20.1. The highest BCUT2D eigenvalue weighted by Gasteiger charge is 2.39. The summed E-state index contributed by atoms with van der Waals surface area (Å²) < 4.78 is 28.6. The van der Waals surface area contributed by atoms with Gasteiger partial charge in [0.15, 0.2) is 0 Å². The van der Waals surface area contributed by atoms with Crippen molar-refractivity contribution in [2.24, 2.45) is 5.92 Å². The molecule has 1 N–H and O–H groups in total. The third-order valence-corrected chi connectivity index (χ3v) is 6.27. The van der Waals surface area contributed by atoms with E-state index in [1.807, 2.05) is 0 Å². The van der Waals surface area contributed by atoms with E-state index in [1.54, 1.807) is 19.1 Å². The van der Waals surface area contributed by atoms with Gasteiger partial charge in [-0.05, 0) is 48.4 Å². The zero-order valence-corrected chi connectivity index (χ0v) is 13.8. The molecule has 1 saturated heterocycles. The Hall–Kier alpha value is -2.33. The topological polar surface area (TPSA) is 118 Å². The Morgan fingerprint density at radius 1 is 1.38 bits per heavy atom. The number of hydrogen-bond acceptors (Lipinski definition) is 6. The van der Waals surface area contributed by atoms with Crippen LogP contribution in [-0.2, 0) is 14.8 Å². The number of hydrogen-bond donors (Lipinski definition) is 1. The molecule has 0 bridgehead atoms. The number of nitrogens with zero attached hydrogens (tertiary/aromatic N) is 5. The lowest BCUT2D eigenvalue weighted by Crippen LogP contribution is -2.48. The fourth-order valence-corrected chi connectivity index (χ4v) is 4.73. The summed E-state index contributed by atoms with van der Waals surface area (Å²) in [7, 11) is -3.80. The molecule has 24 heavy (non-hydrogen) atoms. The van der Waals surface area contributed by atoms with Crippen LogP contribution in [0.1, 0.15) is 19.8 Å². The number of rotatable bonds is 4. The molecule has 2 aromatic rings. The molecule has 0 unspecified atom stereocenters. The molecule has 1 aromatic carbocycles. The van der Waals surface area contributed by atoms with Crippen LogP contribution in [0.2, 0.25) is 0 Å². The highest BCUT2D eigenvalue weighted by molar-refractivity contribution is 7.89. The molecule has 2 heterocycles. The quantitative estimate of drug-likeness (QED) is 0.854. The number of tetrazole rings is 1. The maximum Gasteiger partial charge on any atom is 0.308 e. The number of sulfonamides is 1. The molecule has 1 aliphatic rings. The summed E-state index contributed by atoms with van der Waals surface area (Å²) in [5.41, 5.74) is 0.514. The average Bonchev–Trinajstić information content (AvgIpc) is 3.09. The van der Waals surface area contributed by atoms with Crippen LogP contribution in [-0.4, -0.2) is 56.6 Å². The molecule has 10 heteroatoms. The van der Waals surface area contributed by atoms with Crippen molar-refractivity contribution in [1.29, 1.82) is 0 Å². The zero-order chi connectivity index (χ0) is 17.3. The maximum atomic E-state index is 13.0. The standard InChI is InChI=1S/C14H17N5O4S/c1-10-13(14(20)21)6-3-7-19(10)24(22,23)12-5-2-4-11(8-12)18-9-15-16-17-18/h2,4-5,8-10,13H,3,6-7H2,1H3,(H,20,21)/t10-,13-/m1/s1.